The van der Waals surface area contributed by atoms with Crippen LogP contribution < -0.4 is 0 Å². The van der Waals surface area contributed by atoms with Gasteiger partial charge in [-0.3, -0.25) is 0 Å². The first-order chi connectivity index (χ1) is 17.6. The molecule has 3 atom stereocenters. The van der Waals surface area contributed by atoms with Crippen LogP contribution in [0.25, 0.3) is 0 Å². The molecule has 3 aromatic carbocycles. The summed E-state index contributed by atoms with van der Waals surface area (Å²) in [6, 6.07) is 20.2. The van der Waals surface area contributed by atoms with E-state index >= 15 is 8.78 Å². The highest BCUT2D eigenvalue weighted by atomic mass is 79.9. The van der Waals surface area contributed by atoms with Crippen LogP contribution in [-0.4, -0.2) is 51.4 Å². The second-order valence-corrected chi connectivity index (χ2v) is 10.3. The Morgan fingerprint density at radius 1 is 0.865 bits per heavy atom. The molecule has 0 bridgehead atoms. The lowest BCUT2D eigenvalue weighted by Gasteiger charge is -2.23. The monoisotopic (exact) mass is 596 g/mol. The predicted octanol–water partition coefficient (Wildman–Crippen LogP) is 4.60. The molecule has 1 saturated heterocycles. The number of hydrogen-bond acceptors (Lipinski definition) is 8. The topological polar surface area (TPSA) is 105 Å². The molecule has 1 aliphatic rings. The standard InChI is InChI=1S/C25H19BrF2O8S/c26-18-11-13-19(14-12-18)37(31,32)36-24-25(27,28)21(35-23(30)17-9-5-2-6-10-17)20(34-24)15-33-22(29)16-7-3-1-4-8-16/h1-14,20-21,24H,15H2/t20-,21+,24+/m1/s1. The fourth-order valence-electron chi connectivity index (χ4n) is 3.42. The maximum atomic E-state index is 15.4. The van der Waals surface area contributed by atoms with E-state index in [2.05, 4.69) is 15.9 Å². The van der Waals surface area contributed by atoms with Crippen LogP contribution in [0, 0.1) is 0 Å². The molecular weight excluding hydrogens is 578 g/mol. The summed E-state index contributed by atoms with van der Waals surface area (Å²) in [5, 5.41) is 0. The molecule has 1 aliphatic heterocycles. The van der Waals surface area contributed by atoms with Gasteiger partial charge in [0.05, 0.1) is 16.0 Å². The van der Waals surface area contributed by atoms with Crippen molar-refractivity contribution in [3.05, 3.63) is 101 Å². The van der Waals surface area contributed by atoms with Crippen molar-refractivity contribution in [3.8, 4) is 0 Å². The number of esters is 2. The summed E-state index contributed by atoms with van der Waals surface area (Å²) in [6.45, 7) is -0.770. The van der Waals surface area contributed by atoms with Crippen LogP contribution in [0.1, 0.15) is 20.7 Å². The number of halogens is 3. The Hall–Kier alpha value is -3.19. The van der Waals surface area contributed by atoms with E-state index in [1.165, 1.54) is 48.5 Å². The summed E-state index contributed by atoms with van der Waals surface area (Å²) in [4.78, 5) is 24.5. The Labute approximate surface area is 219 Å². The third-order valence-electron chi connectivity index (χ3n) is 5.28. The van der Waals surface area contributed by atoms with Gasteiger partial charge in [0.25, 0.3) is 10.1 Å². The Bertz CT molecular complexity index is 1350. The molecule has 12 heteroatoms. The van der Waals surface area contributed by atoms with Gasteiger partial charge in [-0.05, 0) is 48.5 Å². The first-order valence-electron chi connectivity index (χ1n) is 10.8. The summed E-state index contributed by atoms with van der Waals surface area (Å²) in [5.74, 6) is -6.08. The predicted molar refractivity (Wildman–Crippen MR) is 128 cm³/mol. The van der Waals surface area contributed by atoms with Gasteiger partial charge in [-0.25, -0.2) is 13.8 Å². The number of carbonyl (C=O) groups excluding carboxylic acids is 2. The van der Waals surface area contributed by atoms with E-state index in [1.54, 1.807) is 24.3 Å². The van der Waals surface area contributed by atoms with Crippen LogP contribution in [-0.2, 0) is 28.5 Å². The Kier molecular flexibility index (Phi) is 8.02. The van der Waals surface area contributed by atoms with Gasteiger partial charge < -0.3 is 14.2 Å². The number of carbonyl (C=O) groups is 2. The van der Waals surface area contributed by atoms with Crippen molar-refractivity contribution in [2.45, 2.75) is 29.3 Å². The minimum Gasteiger partial charge on any atom is -0.459 e. The molecular formula is C25H19BrF2O8S. The first kappa shape index (κ1) is 26.9. The van der Waals surface area contributed by atoms with Gasteiger partial charge in [0.1, 0.15) is 12.7 Å². The smallest absolute Gasteiger partial charge is 0.338 e. The quantitative estimate of drug-likeness (QED) is 0.274. The molecule has 1 fully saturated rings. The van der Waals surface area contributed by atoms with Crippen LogP contribution in [0.15, 0.2) is 94.3 Å². The summed E-state index contributed by atoms with van der Waals surface area (Å²) >= 11 is 3.15. The van der Waals surface area contributed by atoms with Crippen LogP contribution in [0.2, 0.25) is 0 Å². The second kappa shape index (κ2) is 11.1. The van der Waals surface area contributed by atoms with Gasteiger partial charge in [0, 0.05) is 4.47 Å². The zero-order valence-electron chi connectivity index (χ0n) is 18.8. The van der Waals surface area contributed by atoms with E-state index in [-0.39, 0.29) is 11.1 Å². The Morgan fingerprint density at radius 3 is 1.97 bits per heavy atom. The van der Waals surface area contributed by atoms with E-state index < -0.39 is 58.0 Å². The lowest BCUT2D eigenvalue weighted by Crippen LogP contribution is -2.45. The molecule has 4 rings (SSSR count). The van der Waals surface area contributed by atoms with Crippen molar-refractivity contribution < 1.29 is 45.2 Å². The first-order valence-corrected chi connectivity index (χ1v) is 13.0. The van der Waals surface area contributed by atoms with E-state index in [4.69, 9.17) is 18.4 Å². The molecule has 0 unspecified atom stereocenters. The molecule has 0 aromatic heterocycles. The number of alkyl halides is 2. The van der Waals surface area contributed by atoms with Crippen molar-refractivity contribution >= 4 is 38.0 Å². The van der Waals surface area contributed by atoms with Gasteiger partial charge in [0.15, 0.2) is 0 Å². The highest BCUT2D eigenvalue weighted by molar-refractivity contribution is 9.10. The number of rotatable bonds is 8. The van der Waals surface area contributed by atoms with E-state index in [9.17, 15) is 18.0 Å². The molecule has 0 radical (unpaired) electrons. The van der Waals surface area contributed by atoms with Crippen molar-refractivity contribution in [2.75, 3.05) is 6.61 Å². The van der Waals surface area contributed by atoms with Crippen molar-refractivity contribution in [1.82, 2.24) is 0 Å². The molecule has 0 amide bonds. The van der Waals surface area contributed by atoms with Crippen LogP contribution in [0.5, 0.6) is 0 Å². The van der Waals surface area contributed by atoms with E-state index in [1.807, 2.05) is 0 Å². The van der Waals surface area contributed by atoms with Gasteiger partial charge >= 0.3 is 17.9 Å². The Balaban J connectivity index is 1.57. The maximum absolute atomic E-state index is 15.4. The van der Waals surface area contributed by atoms with Crippen molar-refractivity contribution in [2.24, 2.45) is 0 Å². The fourth-order valence-corrected chi connectivity index (χ4v) is 4.66. The molecule has 8 nitrogen and oxygen atoms in total. The highest BCUT2D eigenvalue weighted by Crippen LogP contribution is 2.41. The SMILES string of the molecule is O=C(OC[C@H]1O[C@@H](OS(=O)(=O)c2ccc(Br)cc2)C(F)(F)[C@H]1OC(=O)c1ccccc1)c1ccccc1. The third-order valence-corrected chi connectivity index (χ3v) is 7.08. The molecule has 194 valence electrons. The number of ether oxygens (including phenoxy) is 3. The highest BCUT2D eigenvalue weighted by Gasteiger charge is 2.64. The average Bonchev–Trinajstić information content (AvgIpc) is 3.12. The second-order valence-electron chi connectivity index (χ2n) is 7.84. The van der Waals surface area contributed by atoms with Gasteiger partial charge in [-0.1, -0.05) is 52.3 Å². The van der Waals surface area contributed by atoms with Gasteiger partial charge in [-0.2, -0.15) is 17.2 Å². The minimum atomic E-state index is -4.71. The third kappa shape index (κ3) is 6.21. The van der Waals surface area contributed by atoms with Gasteiger partial charge in [0.2, 0.25) is 12.4 Å². The lowest BCUT2D eigenvalue weighted by molar-refractivity contribution is -0.183. The minimum absolute atomic E-state index is 0.0230. The van der Waals surface area contributed by atoms with Crippen LogP contribution in [0.4, 0.5) is 8.78 Å². The van der Waals surface area contributed by atoms with Crippen molar-refractivity contribution in [1.29, 1.82) is 0 Å². The largest absolute Gasteiger partial charge is 0.459 e. The zero-order chi connectivity index (χ0) is 26.6. The summed E-state index contributed by atoms with van der Waals surface area (Å²) < 4.78 is 76.7. The van der Waals surface area contributed by atoms with E-state index in [0.29, 0.717) is 4.47 Å². The Morgan fingerprint density at radius 2 is 1.41 bits per heavy atom. The normalized spacial score (nSPS) is 20.8. The fraction of sp³-hybridized carbons (Fsp3) is 0.200. The lowest BCUT2D eigenvalue weighted by atomic mass is 10.1. The number of benzene rings is 3. The average molecular weight is 597 g/mol. The number of hydrogen-bond donors (Lipinski definition) is 0. The maximum Gasteiger partial charge on any atom is 0.338 e. The zero-order valence-corrected chi connectivity index (χ0v) is 21.2. The van der Waals surface area contributed by atoms with Crippen LogP contribution >= 0.6 is 15.9 Å². The van der Waals surface area contributed by atoms with Crippen LogP contribution in [0.3, 0.4) is 0 Å². The molecule has 1 heterocycles. The van der Waals surface area contributed by atoms with Gasteiger partial charge in [-0.15, -0.1) is 0 Å². The van der Waals surface area contributed by atoms with E-state index in [0.717, 1.165) is 12.1 Å². The molecule has 0 saturated carbocycles. The summed E-state index contributed by atoms with van der Waals surface area (Å²) in [6.07, 6.45) is -6.72. The van der Waals surface area contributed by atoms with Crippen molar-refractivity contribution in [3.63, 3.8) is 0 Å². The molecule has 0 spiro atoms. The summed E-state index contributed by atoms with van der Waals surface area (Å²) in [5.41, 5.74) is 0.126. The molecule has 37 heavy (non-hydrogen) atoms. The molecule has 0 aliphatic carbocycles. The molecule has 0 N–H and O–H groups in total. The summed E-state index contributed by atoms with van der Waals surface area (Å²) in [7, 11) is -4.71. The molecule has 3 aromatic rings.